The predicted molar refractivity (Wildman–Crippen MR) is 130 cm³/mol. The molecule has 2 aliphatic carbocycles. The molecule has 7 heteroatoms. The summed E-state index contributed by atoms with van der Waals surface area (Å²) in [6.07, 6.45) is 17.9. The Bertz CT molecular complexity index is 672. The van der Waals surface area contributed by atoms with Crippen LogP contribution in [-0.4, -0.2) is 43.0 Å². The number of aliphatic imine (C=N–C) groups is 1. The average Bonchev–Trinajstić information content (AvgIpc) is 2.83. The molecular weight excluding hydrogens is 595 g/mol. The van der Waals surface area contributed by atoms with Crippen molar-refractivity contribution in [2.75, 3.05) is 13.1 Å². The molecule has 2 saturated carbocycles. The smallest absolute Gasteiger partial charge is 0.863 e. The molecule has 0 aromatic heterocycles. The number of rotatable bonds is 4. The number of nitrogens with zero attached hydrogens (tertiary/aromatic N) is 4. The molecule has 4 rings (SSSR count). The predicted octanol–water partition coefficient (Wildman–Crippen LogP) is 5.54. The Kier molecular flexibility index (Phi) is 12.8. The Balaban J connectivity index is 0.000000227. The number of allylic oxidation sites excluding steroid dienone is 2. The van der Waals surface area contributed by atoms with Gasteiger partial charge in [-0.05, 0) is 37.5 Å². The summed E-state index contributed by atoms with van der Waals surface area (Å²) in [5.74, 6) is 1.53. The van der Waals surface area contributed by atoms with Crippen LogP contribution in [0.3, 0.4) is 0 Å². The van der Waals surface area contributed by atoms with Crippen LogP contribution >= 0.6 is 0 Å². The molecule has 6 nitrogen and oxygen atoms in total. The fourth-order valence-corrected chi connectivity index (χ4v) is 4.79. The van der Waals surface area contributed by atoms with Gasteiger partial charge in [-0.3, -0.25) is 0 Å². The first kappa shape index (κ1) is 28.1. The van der Waals surface area contributed by atoms with Crippen LogP contribution in [0, 0.1) is 11.8 Å². The van der Waals surface area contributed by atoms with Crippen LogP contribution in [0.1, 0.15) is 84.5 Å². The van der Waals surface area contributed by atoms with Gasteiger partial charge in [0, 0.05) is 6.04 Å². The molecule has 1 atom stereocenters. The molecule has 1 saturated heterocycles. The molecular formula is C26H40N4O2Pt. The van der Waals surface area contributed by atoms with Crippen LogP contribution in [0.4, 0.5) is 0 Å². The minimum atomic E-state index is -0.135. The molecule has 0 spiro atoms. The van der Waals surface area contributed by atoms with Crippen molar-refractivity contribution in [1.82, 2.24) is 0 Å². The first-order valence-electron chi connectivity index (χ1n) is 12.7. The third kappa shape index (κ3) is 9.94. The van der Waals surface area contributed by atoms with E-state index in [0.29, 0.717) is 18.3 Å². The second-order valence-corrected chi connectivity index (χ2v) is 9.97. The van der Waals surface area contributed by atoms with Crippen LogP contribution in [0.2, 0.25) is 0 Å². The zero-order chi connectivity index (χ0) is 22.8. The summed E-state index contributed by atoms with van der Waals surface area (Å²) in [5.41, 5.74) is 0.515. The molecule has 0 aromatic carbocycles. The van der Waals surface area contributed by atoms with E-state index in [-0.39, 0.29) is 45.0 Å². The van der Waals surface area contributed by atoms with Crippen LogP contribution in [0.25, 0.3) is 16.0 Å². The van der Waals surface area contributed by atoms with E-state index in [1.807, 2.05) is 12.2 Å². The largest absolute Gasteiger partial charge is 4.00 e. The number of piperidine rings is 1. The van der Waals surface area contributed by atoms with Crippen LogP contribution in [0.5, 0.6) is 0 Å². The number of amides is 1. The SMILES string of the molecule is CC1CCC(N=C([O-])C2CCCC[N-]2)CC1.CC1CCC([N-]C(=O)C2=CC=CC[N-]2)CC1.[Pt+4]. The van der Waals surface area contributed by atoms with Crippen molar-refractivity contribution in [3.8, 4) is 0 Å². The Morgan fingerprint density at radius 1 is 1.00 bits per heavy atom. The molecule has 2 heterocycles. The Hall–Kier alpha value is -1.13. The summed E-state index contributed by atoms with van der Waals surface area (Å²) in [5, 5.41) is 24.7. The van der Waals surface area contributed by atoms with Gasteiger partial charge in [0.15, 0.2) is 0 Å². The third-order valence-corrected chi connectivity index (χ3v) is 7.08. The van der Waals surface area contributed by atoms with Crippen molar-refractivity contribution >= 4 is 11.8 Å². The third-order valence-electron chi connectivity index (χ3n) is 7.08. The van der Waals surface area contributed by atoms with Gasteiger partial charge in [0.2, 0.25) is 0 Å². The van der Waals surface area contributed by atoms with Gasteiger partial charge in [-0.25, -0.2) is 0 Å². The molecule has 0 bridgehead atoms. The van der Waals surface area contributed by atoms with E-state index in [4.69, 9.17) is 0 Å². The minimum absolute atomic E-state index is 0. The average molecular weight is 636 g/mol. The summed E-state index contributed by atoms with van der Waals surface area (Å²) in [6, 6.07) is 0.416. The molecule has 1 amide bonds. The molecule has 0 radical (unpaired) electrons. The van der Waals surface area contributed by atoms with Gasteiger partial charge < -0.3 is 30.8 Å². The van der Waals surface area contributed by atoms with Crippen molar-refractivity contribution in [2.24, 2.45) is 16.8 Å². The van der Waals surface area contributed by atoms with E-state index in [2.05, 4.69) is 34.8 Å². The molecule has 3 fully saturated rings. The van der Waals surface area contributed by atoms with E-state index < -0.39 is 0 Å². The number of hydrogen-bond donors (Lipinski definition) is 0. The second-order valence-electron chi connectivity index (χ2n) is 9.97. The van der Waals surface area contributed by atoms with E-state index in [0.717, 1.165) is 63.3 Å². The Morgan fingerprint density at radius 2 is 1.67 bits per heavy atom. The van der Waals surface area contributed by atoms with Crippen molar-refractivity contribution in [1.29, 1.82) is 0 Å². The van der Waals surface area contributed by atoms with E-state index in [1.165, 1.54) is 25.7 Å². The second kappa shape index (κ2) is 15.0. The number of carbonyl (C=O) groups is 1. The van der Waals surface area contributed by atoms with Crippen LogP contribution in [0.15, 0.2) is 28.9 Å². The van der Waals surface area contributed by atoms with Crippen molar-refractivity contribution < 1.29 is 31.0 Å². The summed E-state index contributed by atoms with van der Waals surface area (Å²) in [7, 11) is 0. The normalized spacial score (nSPS) is 32.2. The van der Waals surface area contributed by atoms with Crippen molar-refractivity contribution in [3.05, 3.63) is 39.9 Å². The summed E-state index contributed by atoms with van der Waals surface area (Å²) in [6.45, 7) is 6.01. The maximum absolute atomic E-state index is 11.9. The van der Waals surface area contributed by atoms with Gasteiger partial charge in [-0.1, -0.05) is 76.8 Å². The Labute approximate surface area is 214 Å². The van der Waals surface area contributed by atoms with Gasteiger partial charge in [0.25, 0.3) is 0 Å². The maximum atomic E-state index is 11.9. The number of hydrogen-bond acceptors (Lipinski definition) is 3. The molecule has 33 heavy (non-hydrogen) atoms. The number of carbonyl (C=O) groups excluding carboxylic acids is 1. The minimum Gasteiger partial charge on any atom is -0.863 e. The molecule has 2 aliphatic heterocycles. The van der Waals surface area contributed by atoms with Gasteiger partial charge in [0.1, 0.15) is 0 Å². The maximum Gasteiger partial charge on any atom is 4.00 e. The van der Waals surface area contributed by atoms with Gasteiger partial charge in [-0.15, -0.1) is 36.9 Å². The molecule has 1 unspecified atom stereocenters. The van der Waals surface area contributed by atoms with E-state index in [9.17, 15) is 9.90 Å². The van der Waals surface area contributed by atoms with Gasteiger partial charge in [-0.2, -0.15) is 0 Å². The Morgan fingerprint density at radius 3 is 2.24 bits per heavy atom. The summed E-state index contributed by atoms with van der Waals surface area (Å²) in [4.78, 5) is 16.1. The van der Waals surface area contributed by atoms with Gasteiger partial charge in [0.05, 0.1) is 5.91 Å². The standard InChI is InChI=1S/C13H23N2O.C13H19N2O.Pt/c2*1-10-5-7-11(8-6-10)15-13(16)12-4-2-3-9-14-12;/h10-12H,2-9H2,1H3,(H,15,16);2-4,10-11H,5-9H2,1H3,(H,15,16);/q2*-1;+4/p-2. The molecule has 0 aromatic rings. The van der Waals surface area contributed by atoms with Crippen LogP contribution < -0.4 is 5.11 Å². The monoisotopic (exact) mass is 635 g/mol. The van der Waals surface area contributed by atoms with Gasteiger partial charge >= 0.3 is 21.1 Å². The quantitative estimate of drug-likeness (QED) is 0.300. The van der Waals surface area contributed by atoms with Crippen molar-refractivity contribution in [2.45, 2.75) is 103 Å². The van der Waals surface area contributed by atoms with Crippen molar-refractivity contribution in [3.63, 3.8) is 0 Å². The zero-order valence-electron chi connectivity index (χ0n) is 20.2. The van der Waals surface area contributed by atoms with E-state index >= 15 is 0 Å². The first-order valence-corrected chi connectivity index (χ1v) is 12.7. The van der Waals surface area contributed by atoms with E-state index in [1.54, 1.807) is 6.08 Å². The zero-order valence-corrected chi connectivity index (χ0v) is 22.5. The fourth-order valence-electron chi connectivity index (χ4n) is 4.79. The molecule has 4 aliphatic rings. The fraction of sp³-hybridized carbons (Fsp3) is 0.769. The molecule has 0 N–H and O–H groups in total. The van der Waals surface area contributed by atoms with Crippen LogP contribution in [-0.2, 0) is 25.9 Å². The summed E-state index contributed by atoms with van der Waals surface area (Å²) >= 11 is 0. The molecule has 186 valence electrons. The first-order chi connectivity index (χ1) is 15.5. The topological polar surface area (TPSA) is 94.8 Å². The summed E-state index contributed by atoms with van der Waals surface area (Å²) < 4.78 is 0.